The molecular weight excluding hydrogens is 294 g/mol. The van der Waals surface area contributed by atoms with Crippen LogP contribution in [0.2, 0.25) is 0 Å². The van der Waals surface area contributed by atoms with E-state index >= 15 is 0 Å². The van der Waals surface area contributed by atoms with Crippen LogP contribution in [0.25, 0.3) is 0 Å². The number of methoxy groups -OCH3 is 1. The molecule has 2 unspecified atom stereocenters. The van der Waals surface area contributed by atoms with Gasteiger partial charge < -0.3 is 14.4 Å². The summed E-state index contributed by atoms with van der Waals surface area (Å²) in [5.41, 5.74) is 0.352. The summed E-state index contributed by atoms with van der Waals surface area (Å²) in [7, 11) is 1.39. The molecule has 2 atom stereocenters. The van der Waals surface area contributed by atoms with E-state index in [2.05, 4.69) is 0 Å². The van der Waals surface area contributed by atoms with E-state index < -0.39 is 5.60 Å². The van der Waals surface area contributed by atoms with Gasteiger partial charge >= 0.3 is 12.1 Å². The highest BCUT2D eigenvalue weighted by Crippen LogP contribution is 2.37. The summed E-state index contributed by atoms with van der Waals surface area (Å²) >= 11 is 0. The second-order valence-electron chi connectivity index (χ2n) is 6.80. The smallest absolute Gasteiger partial charge is 0.410 e. The van der Waals surface area contributed by atoms with Crippen molar-refractivity contribution < 1.29 is 19.1 Å². The lowest BCUT2D eigenvalue weighted by molar-refractivity contribution is -0.149. The van der Waals surface area contributed by atoms with Crippen molar-refractivity contribution >= 4 is 12.1 Å². The topological polar surface area (TPSA) is 55.8 Å². The number of amides is 1. The van der Waals surface area contributed by atoms with Gasteiger partial charge in [0.2, 0.25) is 0 Å². The van der Waals surface area contributed by atoms with Crippen molar-refractivity contribution in [3.63, 3.8) is 0 Å². The number of benzene rings is 1. The van der Waals surface area contributed by atoms with Gasteiger partial charge in [-0.1, -0.05) is 30.3 Å². The van der Waals surface area contributed by atoms with Crippen LogP contribution in [0.5, 0.6) is 0 Å². The van der Waals surface area contributed by atoms with Crippen LogP contribution in [0.3, 0.4) is 0 Å². The Morgan fingerprint density at radius 3 is 2.39 bits per heavy atom. The van der Waals surface area contributed by atoms with Crippen LogP contribution in [0, 0.1) is 5.92 Å². The van der Waals surface area contributed by atoms with E-state index in [0.29, 0.717) is 13.0 Å². The minimum atomic E-state index is -0.573. The highest BCUT2D eigenvalue weighted by molar-refractivity contribution is 5.76. The number of piperidine rings is 1. The number of nitrogens with zero attached hydrogens (tertiary/aromatic N) is 1. The van der Waals surface area contributed by atoms with Gasteiger partial charge in [0, 0.05) is 6.54 Å². The Kier molecular flexibility index (Phi) is 5.29. The molecular formula is C18H25NO4. The van der Waals surface area contributed by atoms with E-state index in [-0.39, 0.29) is 24.0 Å². The summed E-state index contributed by atoms with van der Waals surface area (Å²) < 4.78 is 10.5. The number of carbonyl (C=O) groups excluding carboxylic acids is 2. The van der Waals surface area contributed by atoms with Crippen molar-refractivity contribution in [2.75, 3.05) is 13.7 Å². The molecule has 1 saturated heterocycles. The fraction of sp³-hybridized carbons (Fsp3) is 0.556. The van der Waals surface area contributed by atoms with Crippen molar-refractivity contribution in [3.05, 3.63) is 35.9 Å². The average molecular weight is 319 g/mol. The quantitative estimate of drug-likeness (QED) is 0.782. The molecule has 1 aromatic rings. The van der Waals surface area contributed by atoms with Gasteiger partial charge in [0.1, 0.15) is 5.60 Å². The molecule has 23 heavy (non-hydrogen) atoms. The Balaban J connectivity index is 2.34. The first-order valence-electron chi connectivity index (χ1n) is 7.96. The molecule has 0 saturated carbocycles. The third-order valence-electron chi connectivity index (χ3n) is 3.90. The molecule has 1 amide bonds. The normalized spacial score (nSPS) is 21.7. The molecule has 0 N–H and O–H groups in total. The SMILES string of the molecule is COC(=O)C1CCCN(C(=O)OC(C)(C)C)C1c1ccccc1. The second-order valence-corrected chi connectivity index (χ2v) is 6.80. The van der Waals surface area contributed by atoms with Crippen molar-refractivity contribution in [1.29, 1.82) is 0 Å². The lowest BCUT2D eigenvalue weighted by atomic mass is 9.85. The third kappa shape index (κ3) is 4.24. The summed E-state index contributed by atoms with van der Waals surface area (Å²) in [5.74, 6) is -0.657. The molecule has 5 nitrogen and oxygen atoms in total. The maximum absolute atomic E-state index is 12.6. The molecule has 1 fully saturated rings. The Bertz CT molecular complexity index is 550. The molecule has 1 aliphatic rings. The van der Waals surface area contributed by atoms with Crippen LogP contribution in [0.1, 0.15) is 45.2 Å². The maximum Gasteiger partial charge on any atom is 0.410 e. The van der Waals surface area contributed by atoms with Gasteiger partial charge in [-0.15, -0.1) is 0 Å². The average Bonchev–Trinajstić information content (AvgIpc) is 2.52. The minimum Gasteiger partial charge on any atom is -0.469 e. The predicted octanol–water partition coefficient (Wildman–Crippen LogP) is 3.55. The molecule has 0 radical (unpaired) electrons. The van der Waals surface area contributed by atoms with Crippen LogP contribution in [-0.2, 0) is 14.3 Å². The van der Waals surface area contributed by atoms with Crippen LogP contribution in [-0.4, -0.2) is 36.2 Å². The summed E-state index contributed by atoms with van der Waals surface area (Å²) in [5, 5.41) is 0. The highest BCUT2D eigenvalue weighted by Gasteiger charge is 2.41. The monoisotopic (exact) mass is 319 g/mol. The minimum absolute atomic E-state index is 0.285. The number of esters is 1. The van der Waals surface area contributed by atoms with Crippen molar-refractivity contribution in [2.24, 2.45) is 5.92 Å². The van der Waals surface area contributed by atoms with Gasteiger partial charge in [-0.05, 0) is 39.2 Å². The first-order chi connectivity index (χ1) is 10.8. The molecule has 1 heterocycles. The standard InChI is InChI=1S/C18H25NO4/c1-18(2,3)23-17(21)19-12-8-11-14(16(20)22-4)15(19)13-9-6-5-7-10-13/h5-7,9-10,14-15H,8,11-12H2,1-4H3. The molecule has 0 aromatic heterocycles. The largest absolute Gasteiger partial charge is 0.469 e. The number of carbonyl (C=O) groups is 2. The summed E-state index contributed by atoms with van der Waals surface area (Å²) in [6.07, 6.45) is 1.06. The first kappa shape index (κ1) is 17.3. The van der Waals surface area contributed by atoms with Gasteiger partial charge in [0.25, 0.3) is 0 Å². The lowest BCUT2D eigenvalue weighted by Crippen LogP contribution is -2.47. The van der Waals surface area contributed by atoms with Crippen LogP contribution in [0.15, 0.2) is 30.3 Å². The number of likely N-dealkylation sites (tertiary alicyclic amines) is 1. The number of rotatable bonds is 2. The molecule has 126 valence electrons. The van der Waals surface area contributed by atoms with Crippen molar-refractivity contribution in [1.82, 2.24) is 4.90 Å². The van der Waals surface area contributed by atoms with Crippen LogP contribution >= 0.6 is 0 Å². The van der Waals surface area contributed by atoms with Gasteiger partial charge in [-0.25, -0.2) is 4.79 Å². The van der Waals surface area contributed by atoms with Gasteiger partial charge in [0.15, 0.2) is 0 Å². The Morgan fingerprint density at radius 2 is 1.83 bits per heavy atom. The number of hydrogen-bond acceptors (Lipinski definition) is 4. The van der Waals surface area contributed by atoms with E-state index in [0.717, 1.165) is 12.0 Å². The molecule has 0 spiro atoms. The van der Waals surface area contributed by atoms with Crippen molar-refractivity contribution in [3.8, 4) is 0 Å². The number of ether oxygens (including phenoxy) is 2. The molecule has 5 heteroatoms. The summed E-state index contributed by atoms with van der Waals surface area (Å²) in [6, 6.07) is 9.24. The van der Waals surface area contributed by atoms with E-state index in [1.165, 1.54) is 7.11 Å². The summed E-state index contributed by atoms with van der Waals surface area (Å²) in [4.78, 5) is 26.5. The fourth-order valence-electron chi connectivity index (χ4n) is 2.98. The maximum atomic E-state index is 12.6. The molecule has 0 bridgehead atoms. The highest BCUT2D eigenvalue weighted by atomic mass is 16.6. The predicted molar refractivity (Wildman–Crippen MR) is 86.9 cm³/mol. The number of hydrogen-bond donors (Lipinski definition) is 0. The fourth-order valence-corrected chi connectivity index (χ4v) is 2.98. The van der Waals surface area contributed by atoms with E-state index in [4.69, 9.17) is 9.47 Å². The van der Waals surface area contributed by atoms with E-state index in [1.54, 1.807) is 4.90 Å². The lowest BCUT2D eigenvalue weighted by Gasteiger charge is -2.40. The van der Waals surface area contributed by atoms with Crippen LogP contribution < -0.4 is 0 Å². The van der Waals surface area contributed by atoms with Gasteiger partial charge in [0.05, 0.1) is 19.1 Å². The Hall–Kier alpha value is -2.04. The zero-order valence-corrected chi connectivity index (χ0v) is 14.2. The zero-order valence-electron chi connectivity index (χ0n) is 14.2. The molecule has 2 rings (SSSR count). The Morgan fingerprint density at radius 1 is 1.17 bits per heavy atom. The third-order valence-corrected chi connectivity index (χ3v) is 3.90. The van der Waals surface area contributed by atoms with E-state index in [1.807, 2.05) is 51.1 Å². The Labute approximate surface area is 137 Å². The van der Waals surface area contributed by atoms with Gasteiger partial charge in [-0.2, -0.15) is 0 Å². The van der Waals surface area contributed by atoms with Crippen LogP contribution in [0.4, 0.5) is 4.79 Å². The van der Waals surface area contributed by atoms with Gasteiger partial charge in [-0.3, -0.25) is 4.79 Å². The zero-order chi connectivity index (χ0) is 17.0. The molecule has 0 aliphatic carbocycles. The second kappa shape index (κ2) is 7.02. The van der Waals surface area contributed by atoms with Crippen molar-refractivity contribution in [2.45, 2.75) is 45.3 Å². The molecule has 1 aromatic carbocycles. The first-order valence-corrected chi connectivity index (χ1v) is 7.96. The summed E-state index contributed by atoms with van der Waals surface area (Å²) in [6.45, 7) is 6.08. The molecule has 1 aliphatic heterocycles. The van der Waals surface area contributed by atoms with E-state index in [9.17, 15) is 9.59 Å².